The predicted octanol–water partition coefficient (Wildman–Crippen LogP) is 7.05. The van der Waals surface area contributed by atoms with Crippen LogP contribution in [0, 0.1) is 5.41 Å². The van der Waals surface area contributed by atoms with Gasteiger partial charge in [-0.1, -0.05) is 50.5 Å². The largest absolute Gasteiger partial charge is 0.493 e. The van der Waals surface area contributed by atoms with Crippen LogP contribution in [0.4, 0.5) is 10.5 Å². The summed E-state index contributed by atoms with van der Waals surface area (Å²) >= 11 is 0. The number of benzene rings is 1. The van der Waals surface area contributed by atoms with E-state index in [2.05, 4.69) is 31.1 Å². The van der Waals surface area contributed by atoms with E-state index in [4.69, 9.17) is 14.2 Å². The number of aromatic nitrogens is 1. The van der Waals surface area contributed by atoms with E-state index in [-0.39, 0.29) is 41.7 Å². The fourth-order valence-corrected chi connectivity index (χ4v) is 6.45. The Balaban J connectivity index is 1.69. The summed E-state index contributed by atoms with van der Waals surface area (Å²) in [6, 6.07) is 8.68. The van der Waals surface area contributed by atoms with Gasteiger partial charge in [-0.3, -0.25) is 10.1 Å². The van der Waals surface area contributed by atoms with Crippen LogP contribution in [0.3, 0.4) is 0 Å². The topological polar surface area (TPSA) is 110 Å². The number of likely N-dealkylation sites (tertiary alicyclic amines) is 1. The van der Waals surface area contributed by atoms with Crippen molar-refractivity contribution in [1.29, 1.82) is 0 Å². The molecule has 9 nitrogen and oxygen atoms in total. The molecule has 11 heteroatoms. The van der Waals surface area contributed by atoms with Gasteiger partial charge in [0.2, 0.25) is 0 Å². The highest BCUT2D eigenvalue weighted by Crippen LogP contribution is 2.36. The summed E-state index contributed by atoms with van der Waals surface area (Å²) in [6.07, 6.45) is 6.79. The number of aliphatic hydroxyl groups excluding tert-OH is 1. The third-order valence-corrected chi connectivity index (χ3v) is 9.59. The maximum Gasteiger partial charge on any atom is 0.411 e. The van der Waals surface area contributed by atoms with Gasteiger partial charge in [0.05, 0.1) is 37.6 Å². The van der Waals surface area contributed by atoms with Crippen LogP contribution in [0.2, 0.25) is 0 Å². The zero-order valence-electron chi connectivity index (χ0n) is 25.4. The van der Waals surface area contributed by atoms with Crippen LogP contribution >= 0.6 is 21.6 Å². The van der Waals surface area contributed by atoms with Crippen LogP contribution in [0.15, 0.2) is 41.6 Å². The van der Waals surface area contributed by atoms with E-state index < -0.39 is 6.09 Å². The summed E-state index contributed by atoms with van der Waals surface area (Å²) in [5, 5.41) is 13.4. The molecule has 1 saturated heterocycles. The van der Waals surface area contributed by atoms with Crippen LogP contribution in [-0.4, -0.2) is 71.8 Å². The van der Waals surface area contributed by atoms with E-state index >= 15 is 0 Å². The fourth-order valence-electron chi connectivity index (χ4n) is 4.57. The summed E-state index contributed by atoms with van der Waals surface area (Å²) < 4.78 is 17.1. The molecular formula is C31H45N3O6S2. The van der Waals surface area contributed by atoms with E-state index in [1.807, 2.05) is 25.1 Å². The number of pyridine rings is 1. The first-order valence-electron chi connectivity index (χ1n) is 14.6. The standard InChI is InChI=1S/C31H45N3O6S2/c1-22(41-42-28-13-7-9-15-32-28)21-40-30(37)33-25-19-27(39-17-10-6-8-14-31(2,3)4)26(38-5)18-24(25)29(36)34-16-11-12-23(34)20-35/h7,9,13,15,18-19,22-23,35H,6,8,10-12,14,16-17,20-21H2,1-5H3,(H,33,37)/t22?,23-/m0/s1. The molecular weight excluding hydrogens is 574 g/mol. The summed E-state index contributed by atoms with van der Waals surface area (Å²) in [5.74, 6) is 0.559. The van der Waals surface area contributed by atoms with Gasteiger partial charge in [-0.15, -0.1) is 0 Å². The van der Waals surface area contributed by atoms with Crippen LogP contribution in [0.5, 0.6) is 11.5 Å². The molecule has 1 unspecified atom stereocenters. The SMILES string of the molecule is COc1cc(C(=O)N2CCC[C@H]2CO)c(NC(=O)OCC(C)SSc2ccccn2)cc1OCCCCCC(C)(C)C. The molecule has 1 aromatic carbocycles. The Morgan fingerprint density at radius 3 is 2.69 bits per heavy atom. The number of ether oxygens (including phenoxy) is 3. The van der Waals surface area contributed by atoms with Crippen molar-refractivity contribution in [2.45, 2.75) is 82.5 Å². The average Bonchev–Trinajstić information content (AvgIpc) is 3.45. The van der Waals surface area contributed by atoms with Gasteiger partial charge in [-0.25, -0.2) is 9.78 Å². The Kier molecular flexibility index (Phi) is 13.6. The molecule has 1 aliphatic rings. The van der Waals surface area contributed by atoms with Gasteiger partial charge < -0.3 is 24.2 Å². The Hall–Kier alpha value is -2.63. The molecule has 42 heavy (non-hydrogen) atoms. The van der Waals surface area contributed by atoms with Gasteiger partial charge in [-0.2, -0.15) is 0 Å². The number of methoxy groups -OCH3 is 1. The number of aliphatic hydroxyl groups is 1. The first-order valence-corrected chi connectivity index (χ1v) is 16.8. The van der Waals surface area contributed by atoms with Crippen LogP contribution in [-0.2, 0) is 4.74 Å². The Labute approximate surface area is 257 Å². The normalized spacial score (nSPS) is 15.8. The third-order valence-electron chi connectivity index (χ3n) is 6.83. The van der Waals surface area contributed by atoms with Gasteiger partial charge in [0, 0.05) is 24.1 Å². The number of hydrogen-bond acceptors (Lipinski definition) is 9. The highest BCUT2D eigenvalue weighted by Gasteiger charge is 2.31. The number of rotatable bonds is 15. The van der Waals surface area contributed by atoms with Gasteiger partial charge in [0.1, 0.15) is 11.6 Å². The van der Waals surface area contributed by atoms with E-state index in [1.165, 1.54) is 17.9 Å². The lowest BCUT2D eigenvalue weighted by molar-refractivity contribution is 0.0678. The Morgan fingerprint density at radius 1 is 1.19 bits per heavy atom. The quantitative estimate of drug-likeness (QED) is 0.160. The van der Waals surface area contributed by atoms with Gasteiger partial charge in [-0.05, 0) is 67.0 Å². The van der Waals surface area contributed by atoms with E-state index in [9.17, 15) is 14.7 Å². The zero-order valence-corrected chi connectivity index (χ0v) is 27.0. The molecule has 2 N–H and O–H groups in total. The fraction of sp³-hybridized carbons (Fsp3) is 0.581. The molecule has 1 aromatic heterocycles. The second-order valence-corrected chi connectivity index (χ2v) is 14.3. The van der Waals surface area contributed by atoms with Gasteiger partial charge >= 0.3 is 6.09 Å². The molecule has 2 atom stereocenters. The second kappa shape index (κ2) is 16.9. The maximum absolute atomic E-state index is 13.6. The number of carbonyl (C=O) groups is 2. The summed E-state index contributed by atoms with van der Waals surface area (Å²) in [4.78, 5) is 32.4. The average molecular weight is 620 g/mol. The zero-order chi connectivity index (χ0) is 30.5. The number of hydrogen-bond donors (Lipinski definition) is 2. The van der Waals surface area contributed by atoms with Crippen molar-refractivity contribution >= 4 is 39.3 Å². The van der Waals surface area contributed by atoms with E-state index in [1.54, 1.807) is 34.0 Å². The lowest BCUT2D eigenvalue weighted by Gasteiger charge is -2.25. The molecule has 0 aliphatic carbocycles. The number of nitrogens with zero attached hydrogens (tertiary/aromatic N) is 2. The molecule has 232 valence electrons. The van der Waals surface area contributed by atoms with E-state index in [0.717, 1.165) is 43.6 Å². The molecule has 1 aliphatic heterocycles. The van der Waals surface area contributed by atoms with Crippen molar-refractivity contribution in [1.82, 2.24) is 9.88 Å². The Bertz CT molecular complexity index is 1150. The number of amides is 2. The van der Waals surface area contributed by atoms with Crippen molar-refractivity contribution < 1.29 is 28.9 Å². The van der Waals surface area contributed by atoms with Gasteiger partial charge in [0.15, 0.2) is 11.5 Å². The Morgan fingerprint density at radius 2 is 2.00 bits per heavy atom. The van der Waals surface area contributed by atoms with Crippen molar-refractivity contribution in [3.63, 3.8) is 0 Å². The number of anilines is 1. The smallest absolute Gasteiger partial charge is 0.411 e. The van der Waals surface area contributed by atoms with Crippen LogP contribution in [0.1, 0.15) is 76.6 Å². The molecule has 1 fully saturated rings. The lowest BCUT2D eigenvalue weighted by Crippen LogP contribution is -2.38. The highest BCUT2D eigenvalue weighted by molar-refractivity contribution is 8.76. The lowest BCUT2D eigenvalue weighted by atomic mass is 9.89. The van der Waals surface area contributed by atoms with Crippen molar-refractivity contribution in [2.75, 3.05) is 38.8 Å². The first-order chi connectivity index (χ1) is 20.1. The first kappa shape index (κ1) is 33.9. The van der Waals surface area contributed by atoms with Gasteiger partial charge in [0.25, 0.3) is 5.91 Å². The summed E-state index contributed by atoms with van der Waals surface area (Å²) in [7, 11) is 4.60. The third kappa shape index (κ3) is 10.9. The molecule has 2 heterocycles. The molecule has 3 rings (SSSR count). The summed E-state index contributed by atoms with van der Waals surface area (Å²) in [5.41, 5.74) is 0.843. The second-order valence-electron chi connectivity index (χ2n) is 11.6. The van der Waals surface area contributed by atoms with Crippen LogP contribution in [0.25, 0.3) is 0 Å². The van der Waals surface area contributed by atoms with Crippen molar-refractivity contribution in [2.24, 2.45) is 5.41 Å². The minimum absolute atomic E-state index is 0.00631. The van der Waals surface area contributed by atoms with Crippen LogP contribution < -0.4 is 14.8 Å². The highest BCUT2D eigenvalue weighted by atomic mass is 33.1. The summed E-state index contributed by atoms with van der Waals surface area (Å²) in [6.45, 7) is 9.76. The monoisotopic (exact) mass is 619 g/mol. The van der Waals surface area contributed by atoms with E-state index in [0.29, 0.717) is 30.1 Å². The number of unbranched alkanes of at least 4 members (excludes halogenated alkanes) is 2. The maximum atomic E-state index is 13.6. The molecule has 2 amide bonds. The minimum atomic E-state index is -0.669. The van der Waals surface area contributed by atoms with Crippen molar-refractivity contribution in [3.05, 3.63) is 42.1 Å². The molecule has 0 spiro atoms. The number of nitrogens with one attached hydrogen (secondary N) is 1. The molecule has 0 radical (unpaired) electrons. The molecule has 0 saturated carbocycles. The minimum Gasteiger partial charge on any atom is -0.493 e. The van der Waals surface area contributed by atoms with Crippen molar-refractivity contribution in [3.8, 4) is 11.5 Å². The molecule has 0 bridgehead atoms. The molecule has 2 aromatic rings. The predicted molar refractivity (Wildman–Crippen MR) is 170 cm³/mol. The number of carbonyl (C=O) groups excluding carboxylic acids is 2.